The number of nitriles is 1. The first kappa shape index (κ1) is 20.3. The number of nitrogens with zero attached hydrogens (tertiary/aromatic N) is 6. The fourth-order valence-corrected chi connectivity index (χ4v) is 4.01. The molecule has 0 bridgehead atoms. The molecule has 0 spiro atoms. The van der Waals surface area contributed by atoms with E-state index in [1.165, 1.54) is 10.9 Å². The molecule has 0 aliphatic carbocycles. The zero-order valence-corrected chi connectivity index (χ0v) is 17.4. The highest BCUT2D eigenvalue weighted by atomic mass is 16.2. The number of hydrogen-bond acceptors (Lipinski definition) is 8. The number of aromatic nitrogens is 5. The van der Waals surface area contributed by atoms with Gasteiger partial charge in [-0.05, 0) is 49.4 Å². The van der Waals surface area contributed by atoms with Crippen molar-refractivity contribution in [3.05, 3.63) is 70.5 Å². The first-order chi connectivity index (χ1) is 16.1. The highest BCUT2D eigenvalue weighted by Gasteiger charge is 2.26. The van der Waals surface area contributed by atoms with Gasteiger partial charge in [0.15, 0.2) is 11.5 Å². The quantitative estimate of drug-likeness (QED) is 0.427. The highest BCUT2D eigenvalue weighted by molar-refractivity contribution is 6.03. The van der Waals surface area contributed by atoms with Gasteiger partial charge in [0, 0.05) is 12.1 Å². The third kappa shape index (κ3) is 3.58. The van der Waals surface area contributed by atoms with Crippen molar-refractivity contribution in [3.63, 3.8) is 0 Å². The van der Waals surface area contributed by atoms with Crippen LogP contribution in [0.5, 0.6) is 0 Å². The Morgan fingerprint density at radius 3 is 2.76 bits per heavy atom. The van der Waals surface area contributed by atoms with Gasteiger partial charge in [-0.25, -0.2) is 19.7 Å². The third-order valence-corrected chi connectivity index (χ3v) is 5.57. The Balaban J connectivity index is 1.51. The van der Waals surface area contributed by atoms with Crippen LogP contribution in [0.3, 0.4) is 0 Å². The lowest BCUT2D eigenvalue weighted by atomic mass is 10.2. The fraction of sp³-hybridized carbons (Fsp3) is 0.182. The minimum atomic E-state index is -0.390. The Labute approximate surface area is 187 Å². The smallest absolute Gasteiger partial charge is 0.335 e. The average molecular weight is 441 g/mol. The lowest BCUT2D eigenvalue weighted by Gasteiger charge is -2.09. The maximum absolute atomic E-state index is 13.4. The van der Waals surface area contributed by atoms with Crippen molar-refractivity contribution >= 4 is 28.7 Å². The molecule has 4 heterocycles. The molecule has 0 radical (unpaired) electrons. The predicted octanol–water partition coefficient (Wildman–Crippen LogP) is 1.22. The van der Waals surface area contributed by atoms with E-state index >= 15 is 0 Å². The molecule has 0 saturated carbocycles. The van der Waals surface area contributed by atoms with Gasteiger partial charge in [-0.2, -0.15) is 5.26 Å². The number of rotatable bonds is 4. The van der Waals surface area contributed by atoms with Crippen molar-refractivity contribution in [2.75, 3.05) is 24.1 Å². The van der Waals surface area contributed by atoms with Gasteiger partial charge in [-0.15, -0.1) is 0 Å². The van der Waals surface area contributed by atoms with Crippen molar-refractivity contribution in [3.8, 4) is 11.8 Å². The summed E-state index contributed by atoms with van der Waals surface area (Å²) in [6.45, 7) is 1.49. The van der Waals surface area contributed by atoms with E-state index in [4.69, 9.17) is 11.0 Å². The number of amides is 1. The largest absolute Gasteiger partial charge is 0.382 e. The van der Waals surface area contributed by atoms with Crippen molar-refractivity contribution in [1.29, 1.82) is 5.26 Å². The van der Waals surface area contributed by atoms with Crippen molar-refractivity contribution in [1.82, 2.24) is 29.4 Å². The van der Waals surface area contributed by atoms with E-state index in [2.05, 4.69) is 25.6 Å². The second-order valence-electron chi connectivity index (χ2n) is 7.59. The van der Waals surface area contributed by atoms with Gasteiger partial charge in [-0.1, -0.05) is 6.07 Å². The normalized spacial score (nSPS) is 15.4. The summed E-state index contributed by atoms with van der Waals surface area (Å²) >= 11 is 0. The molecular weight excluding hydrogens is 422 g/mol. The maximum atomic E-state index is 13.4. The monoisotopic (exact) mass is 441 g/mol. The van der Waals surface area contributed by atoms with Crippen LogP contribution < -0.4 is 22.1 Å². The van der Waals surface area contributed by atoms with E-state index in [1.807, 2.05) is 6.07 Å². The maximum Gasteiger partial charge on any atom is 0.335 e. The van der Waals surface area contributed by atoms with E-state index in [0.29, 0.717) is 29.0 Å². The van der Waals surface area contributed by atoms with Gasteiger partial charge in [0.05, 0.1) is 11.7 Å². The first-order valence-corrected chi connectivity index (χ1v) is 10.3. The van der Waals surface area contributed by atoms with Gasteiger partial charge in [-0.3, -0.25) is 13.9 Å². The molecule has 4 N–H and O–H groups in total. The molecular formula is C22H19N9O2. The summed E-state index contributed by atoms with van der Waals surface area (Å²) in [5, 5.41) is 14.9. The molecule has 1 saturated heterocycles. The van der Waals surface area contributed by atoms with Crippen molar-refractivity contribution in [2.45, 2.75) is 12.5 Å². The van der Waals surface area contributed by atoms with Crippen LogP contribution in [-0.2, 0) is 0 Å². The minimum Gasteiger partial charge on any atom is -0.382 e. The number of carbonyl (C=O) groups excluding carboxylic acids is 1. The number of carbonyl (C=O) groups is 1. The summed E-state index contributed by atoms with van der Waals surface area (Å²) in [6.07, 6.45) is 2.16. The van der Waals surface area contributed by atoms with Gasteiger partial charge >= 0.3 is 5.69 Å². The molecule has 3 aromatic heterocycles. The molecule has 1 aromatic carbocycles. The summed E-state index contributed by atoms with van der Waals surface area (Å²) in [7, 11) is 0. The molecule has 5 rings (SSSR count). The molecule has 1 aliphatic heterocycles. The van der Waals surface area contributed by atoms with Crippen LogP contribution in [-0.4, -0.2) is 43.1 Å². The van der Waals surface area contributed by atoms with Crippen LogP contribution in [0, 0.1) is 11.3 Å². The molecule has 33 heavy (non-hydrogen) atoms. The summed E-state index contributed by atoms with van der Waals surface area (Å²) in [5.41, 5.74) is 7.89. The lowest BCUT2D eigenvalue weighted by Crippen LogP contribution is -2.28. The first-order valence-electron chi connectivity index (χ1n) is 10.3. The highest BCUT2D eigenvalue weighted by Crippen LogP contribution is 2.25. The molecule has 1 atom stereocenters. The SMILES string of the molecule is N#Cc1cccc(NC(=O)c2ccc(-n3c(=O)n([C@@H]4CCNC4)c4ncnc(N)c43)cc2)n1. The van der Waals surface area contributed by atoms with Gasteiger partial charge in [0.2, 0.25) is 0 Å². The summed E-state index contributed by atoms with van der Waals surface area (Å²) < 4.78 is 3.13. The molecule has 0 unspecified atom stereocenters. The fourth-order valence-electron chi connectivity index (χ4n) is 4.01. The zero-order valence-electron chi connectivity index (χ0n) is 17.4. The van der Waals surface area contributed by atoms with E-state index in [9.17, 15) is 9.59 Å². The number of hydrogen-bond donors (Lipinski definition) is 3. The number of imidazole rings is 1. The summed E-state index contributed by atoms with van der Waals surface area (Å²) in [6, 6.07) is 13.2. The van der Waals surface area contributed by atoms with E-state index in [0.717, 1.165) is 13.0 Å². The number of benzene rings is 1. The van der Waals surface area contributed by atoms with Crippen LogP contribution in [0.2, 0.25) is 0 Å². The van der Waals surface area contributed by atoms with Crippen molar-refractivity contribution < 1.29 is 4.79 Å². The predicted molar refractivity (Wildman–Crippen MR) is 121 cm³/mol. The summed E-state index contributed by atoms with van der Waals surface area (Å²) in [4.78, 5) is 38.5. The van der Waals surface area contributed by atoms with E-state index in [-0.39, 0.29) is 29.1 Å². The number of fused-ring (bicyclic) bond motifs is 1. The van der Waals surface area contributed by atoms with Crippen LogP contribution in [0.4, 0.5) is 11.6 Å². The standard InChI is InChI=1S/C22H19N9O2/c23-10-14-2-1-3-17(28-14)29-21(32)13-4-6-15(7-5-13)30-18-19(24)26-12-27-20(18)31(22(30)33)16-8-9-25-11-16/h1-7,12,16,25H,8-9,11H2,(H2,24,26,27)(H,28,29,32)/t16-/m1/s1. The number of nitrogen functional groups attached to an aromatic ring is 1. The van der Waals surface area contributed by atoms with Crippen LogP contribution in [0.15, 0.2) is 53.6 Å². The zero-order chi connectivity index (χ0) is 22.9. The van der Waals surface area contributed by atoms with Crippen LogP contribution >= 0.6 is 0 Å². The average Bonchev–Trinajstić information content (AvgIpc) is 3.45. The van der Waals surface area contributed by atoms with E-state index in [1.54, 1.807) is 47.0 Å². The number of nitrogens with two attached hydrogens (primary N) is 1. The Kier molecular flexibility index (Phi) is 5.04. The second kappa shape index (κ2) is 8.18. The molecule has 4 aromatic rings. The molecule has 11 heteroatoms. The Hall–Kier alpha value is -4.56. The van der Waals surface area contributed by atoms with Crippen LogP contribution in [0.1, 0.15) is 28.5 Å². The number of nitrogens with one attached hydrogen (secondary N) is 2. The minimum absolute atomic E-state index is 0.0303. The lowest BCUT2D eigenvalue weighted by molar-refractivity contribution is 0.102. The van der Waals surface area contributed by atoms with Gasteiger partial charge < -0.3 is 16.4 Å². The van der Waals surface area contributed by atoms with Gasteiger partial charge in [0.25, 0.3) is 5.91 Å². The molecule has 1 fully saturated rings. The Morgan fingerprint density at radius 1 is 1.21 bits per heavy atom. The molecule has 11 nitrogen and oxygen atoms in total. The number of pyridine rings is 1. The molecule has 164 valence electrons. The van der Waals surface area contributed by atoms with Crippen LogP contribution in [0.25, 0.3) is 16.9 Å². The topological polar surface area (TPSA) is 157 Å². The Morgan fingerprint density at radius 2 is 2.03 bits per heavy atom. The van der Waals surface area contributed by atoms with Gasteiger partial charge in [0.1, 0.15) is 29.4 Å². The third-order valence-electron chi connectivity index (χ3n) is 5.57. The molecule has 1 aliphatic rings. The number of anilines is 2. The Bertz CT molecular complexity index is 1460. The summed E-state index contributed by atoms with van der Waals surface area (Å²) in [5.74, 6) is 0.0865. The second-order valence-corrected chi connectivity index (χ2v) is 7.59. The molecule has 1 amide bonds. The van der Waals surface area contributed by atoms with Crippen molar-refractivity contribution in [2.24, 2.45) is 0 Å². The van der Waals surface area contributed by atoms with E-state index < -0.39 is 5.91 Å².